The zero-order chi connectivity index (χ0) is 18.5. The van der Waals surface area contributed by atoms with Gasteiger partial charge in [-0.3, -0.25) is 0 Å². The van der Waals surface area contributed by atoms with Crippen molar-refractivity contribution >= 4 is 5.82 Å². The first-order chi connectivity index (χ1) is 13.3. The van der Waals surface area contributed by atoms with Gasteiger partial charge >= 0.3 is 0 Å². The lowest BCUT2D eigenvalue weighted by molar-refractivity contribution is 0.414. The molecule has 0 saturated heterocycles. The number of H-pyrrole nitrogens is 1. The molecule has 0 aliphatic rings. The number of methoxy groups -OCH3 is 1. The lowest BCUT2D eigenvalue weighted by Gasteiger charge is -2.10. The van der Waals surface area contributed by atoms with E-state index in [2.05, 4.69) is 25.9 Å². The smallest absolute Gasteiger partial charge is 0.204 e. The number of aromatic amines is 1. The minimum Gasteiger partial charge on any atom is -0.497 e. The van der Waals surface area contributed by atoms with E-state index in [-0.39, 0.29) is 0 Å². The molecule has 7 nitrogen and oxygen atoms in total. The van der Waals surface area contributed by atoms with Crippen LogP contribution in [0.4, 0.5) is 5.82 Å². The van der Waals surface area contributed by atoms with Crippen molar-refractivity contribution in [2.75, 3.05) is 12.4 Å². The molecule has 2 aromatic carbocycles. The number of anilines is 1. The summed E-state index contributed by atoms with van der Waals surface area (Å²) in [6, 6.07) is 21.8. The highest BCUT2D eigenvalue weighted by Gasteiger charge is 2.10. The Morgan fingerprint density at radius 1 is 0.963 bits per heavy atom. The van der Waals surface area contributed by atoms with E-state index in [9.17, 15) is 0 Å². The van der Waals surface area contributed by atoms with Gasteiger partial charge in [0.25, 0.3) is 0 Å². The van der Waals surface area contributed by atoms with Gasteiger partial charge in [0.2, 0.25) is 5.82 Å². The second-order valence-corrected chi connectivity index (χ2v) is 5.93. The highest BCUT2D eigenvalue weighted by Crippen LogP contribution is 2.25. The van der Waals surface area contributed by atoms with E-state index in [1.165, 1.54) is 0 Å². The highest BCUT2D eigenvalue weighted by molar-refractivity contribution is 5.70. The molecule has 0 aliphatic heterocycles. The Balaban J connectivity index is 1.63. The van der Waals surface area contributed by atoms with Crippen LogP contribution in [0.2, 0.25) is 0 Å². The largest absolute Gasteiger partial charge is 0.497 e. The van der Waals surface area contributed by atoms with Gasteiger partial charge in [0.15, 0.2) is 0 Å². The summed E-state index contributed by atoms with van der Waals surface area (Å²) in [6.07, 6.45) is 0. The molecule has 134 valence electrons. The maximum Gasteiger partial charge on any atom is 0.204 e. The van der Waals surface area contributed by atoms with Gasteiger partial charge in [-0.15, -0.1) is 10.2 Å². The molecular weight excluding hydrogens is 340 g/mol. The molecule has 4 aromatic rings. The molecule has 2 aromatic heterocycles. The molecule has 0 fully saturated rings. The summed E-state index contributed by atoms with van der Waals surface area (Å²) in [6.45, 7) is 0.640. The third kappa shape index (κ3) is 3.92. The molecule has 0 saturated carbocycles. The van der Waals surface area contributed by atoms with Gasteiger partial charge in [-0.25, -0.2) is 4.98 Å². The fraction of sp³-hybridized carbons (Fsp3) is 0.100. The van der Waals surface area contributed by atoms with Gasteiger partial charge in [0.05, 0.1) is 12.8 Å². The Morgan fingerprint density at radius 2 is 1.78 bits per heavy atom. The Labute approximate surface area is 156 Å². The van der Waals surface area contributed by atoms with Crippen molar-refractivity contribution in [3.05, 3.63) is 72.3 Å². The number of tetrazole rings is 1. The number of pyridine rings is 1. The first-order valence-corrected chi connectivity index (χ1v) is 8.50. The van der Waals surface area contributed by atoms with Crippen molar-refractivity contribution in [3.63, 3.8) is 0 Å². The molecule has 4 rings (SSSR count). The lowest BCUT2D eigenvalue weighted by atomic mass is 10.1. The normalized spacial score (nSPS) is 10.6. The summed E-state index contributed by atoms with van der Waals surface area (Å²) in [5.74, 6) is 2.11. The molecule has 0 radical (unpaired) electrons. The van der Waals surface area contributed by atoms with E-state index < -0.39 is 0 Å². The number of hydrogen-bond acceptors (Lipinski definition) is 6. The fourth-order valence-electron chi connectivity index (χ4n) is 2.73. The highest BCUT2D eigenvalue weighted by atomic mass is 16.5. The van der Waals surface area contributed by atoms with E-state index >= 15 is 0 Å². The predicted octanol–water partition coefficient (Wildman–Crippen LogP) is 3.55. The molecule has 0 bridgehead atoms. The molecule has 0 spiro atoms. The van der Waals surface area contributed by atoms with Crippen molar-refractivity contribution in [2.24, 2.45) is 0 Å². The van der Waals surface area contributed by atoms with Crippen LogP contribution in [-0.2, 0) is 6.54 Å². The first-order valence-electron chi connectivity index (χ1n) is 8.50. The molecule has 0 aliphatic carbocycles. The second kappa shape index (κ2) is 7.65. The zero-order valence-corrected chi connectivity index (χ0v) is 14.8. The van der Waals surface area contributed by atoms with Crippen molar-refractivity contribution in [3.8, 4) is 28.4 Å². The summed E-state index contributed by atoms with van der Waals surface area (Å²) in [4.78, 5) is 4.74. The number of nitrogens with zero attached hydrogens (tertiary/aromatic N) is 4. The van der Waals surface area contributed by atoms with Crippen molar-refractivity contribution in [1.82, 2.24) is 25.6 Å². The molecular formula is C20H18N6O. The Morgan fingerprint density at radius 3 is 2.48 bits per heavy atom. The fourth-order valence-corrected chi connectivity index (χ4v) is 2.73. The van der Waals surface area contributed by atoms with Gasteiger partial charge in [-0.2, -0.15) is 5.21 Å². The van der Waals surface area contributed by atoms with Crippen LogP contribution in [-0.4, -0.2) is 32.7 Å². The monoisotopic (exact) mass is 358 g/mol. The summed E-state index contributed by atoms with van der Waals surface area (Å²) in [7, 11) is 1.66. The number of aromatic nitrogens is 5. The zero-order valence-electron chi connectivity index (χ0n) is 14.8. The SMILES string of the molecule is COc1ccc(CNc2cc(-c3nn[nH]n3)cc(-c3ccccc3)n2)cc1. The van der Waals surface area contributed by atoms with E-state index in [1.54, 1.807) is 7.11 Å². The molecule has 2 N–H and O–H groups in total. The number of benzene rings is 2. The van der Waals surface area contributed by atoms with E-state index in [4.69, 9.17) is 9.72 Å². The summed E-state index contributed by atoms with van der Waals surface area (Å²) >= 11 is 0. The van der Waals surface area contributed by atoms with Gasteiger partial charge in [0.1, 0.15) is 11.6 Å². The molecule has 27 heavy (non-hydrogen) atoms. The van der Waals surface area contributed by atoms with Crippen LogP contribution in [0, 0.1) is 0 Å². The molecule has 7 heteroatoms. The van der Waals surface area contributed by atoms with Crippen molar-refractivity contribution in [2.45, 2.75) is 6.54 Å². The van der Waals surface area contributed by atoms with Gasteiger partial charge in [-0.1, -0.05) is 42.5 Å². The third-order valence-electron chi connectivity index (χ3n) is 4.13. The number of rotatable bonds is 6. The van der Waals surface area contributed by atoms with Crippen LogP contribution in [0.15, 0.2) is 66.7 Å². The number of nitrogens with one attached hydrogen (secondary N) is 2. The predicted molar refractivity (Wildman–Crippen MR) is 103 cm³/mol. The van der Waals surface area contributed by atoms with E-state index in [0.29, 0.717) is 12.4 Å². The first kappa shape index (κ1) is 16.7. The molecule has 0 unspecified atom stereocenters. The summed E-state index contributed by atoms with van der Waals surface area (Å²) in [5.41, 5.74) is 3.84. The van der Waals surface area contributed by atoms with Gasteiger partial charge < -0.3 is 10.1 Å². The van der Waals surface area contributed by atoms with Crippen LogP contribution in [0.25, 0.3) is 22.6 Å². The van der Waals surface area contributed by atoms with Crippen LogP contribution in [0.1, 0.15) is 5.56 Å². The Kier molecular flexibility index (Phi) is 4.74. The minimum atomic E-state index is 0.530. The lowest BCUT2D eigenvalue weighted by Crippen LogP contribution is -2.03. The quantitative estimate of drug-likeness (QED) is 0.548. The number of hydrogen-bond donors (Lipinski definition) is 2. The molecule has 0 atom stereocenters. The summed E-state index contributed by atoms with van der Waals surface area (Å²) < 4.78 is 5.20. The van der Waals surface area contributed by atoms with Gasteiger partial charge in [-0.05, 0) is 35.0 Å². The van der Waals surface area contributed by atoms with E-state index in [1.807, 2.05) is 66.7 Å². The van der Waals surface area contributed by atoms with Crippen molar-refractivity contribution < 1.29 is 4.74 Å². The minimum absolute atomic E-state index is 0.530. The average molecular weight is 358 g/mol. The average Bonchev–Trinajstić information content (AvgIpc) is 3.28. The number of ether oxygens (including phenoxy) is 1. The van der Waals surface area contributed by atoms with Crippen LogP contribution < -0.4 is 10.1 Å². The Hall–Kier alpha value is -3.74. The topological polar surface area (TPSA) is 88.6 Å². The summed E-state index contributed by atoms with van der Waals surface area (Å²) in [5, 5.41) is 17.7. The van der Waals surface area contributed by atoms with Crippen LogP contribution in [0.3, 0.4) is 0 Å². The molecule has 0 amide bonds. The Bertz CT molecular complexity index is 1000. The second-order valence-electron chi connectivity index (χ2n) is 5.93. The maximum absolute atomic E-state index is 5.20. The van der Waals surface area contributed by atoms with Crippen LogP contribution in [0.5, 0.6) is 5.75 Å². The van der Waals surface area contributed by atoms with Gasteiger partial charge in [0, 0.05) is 17.7 Å². The molecule has 2 heterocycles. The van der Waals surface area contributed by atoms with E-state index in [0.717, 1.165) is 34.0 Å². The van der Waals surface area contributed by atoms with Crippen molar-refractivity contribution in [1.29, 1.82) is 0 Å². The maximum atomic E-state index is 5.20. The third-order valence-corrected chi connectivity index (χ3v) is 4.13. The van der Waals surface area contributed by atoms with Crippen LogP contribution >= 0.6 is 0 Å². The standard InChI is InChI=1S/C20H18N6O/c1-27-17-9-7-14(8-10-17)13-21-19-12-16(20-23-25-26-24-20)11-18(22-19)15-5-3-2-4-6-15/h2-12H,13H2,1H3,(H,21,22)(H,23,24,25,26).